The molecule has 0 radical (unpaired) electrons. The molecule has 3 fully saturated rings. The van der Waals surface area contributed by atoms with Crippen LogP contribution in [0.25, 0.3) is 0 Å². The first-order valence-corrected chi connectivity index (χ1v) is 13.1. The molecule has 4 aliphatic rings. The molecule has 8 nitrogen and oxygen atoms in total. The van der Waals surface area contributed by atoms with Gasteiger partial charge in [0, 0.05) is 24.6 Å². The van der Waals surface area contributed by atoms with Crippen LogP contribution in [0.4, 0.5) is 10.1 Å². The second-order valence-corrected chi connectivity index (χ2v) is 11.3. The summed E-state index contributed by atoms with van der Waals surface area (Å²) in [5.74, 6) is -5.25. The number of carbonyl (C=O) groups excluding carboxylic acids is 4. The number of anilines is 1. The number of amides is 4. The van der Waals surface area contributed by atoms with E-state index in [1.807, 2.05) is 6.08 Å². The maximum atomic E-state index is 14.3. The quantitative estimate of drug-likeness (QED) is 0.455. The van der Waals surface area contributed by atoms with Crippen molar-refractivity contribution >= 4 is 40.9 Å². The van der Waals surface area contributed by atoms with Crippen LogP contribution in [0, 0.1) is 34.9 Å². The van der Waals surface area contributed by atoms with Gasteiger partial charge in [0.05, 0.1) is 41.0 Å². The number of hydrogen-bond donors (Lipinski definition) is 1. The highest BCUT2D eigenvalue weighted by atomic mass is 35.5. The number of allylic oxidation sites excluding steroid dienone is 2. The van der Waals surface area contributed by atoms with Crippen molar-refractivity contribution in [1.82, 2.24) is 4.90 Å². The number of fused-ring (bicyclic) bond motifs is 4. The lowest BCUT2D eigenvalue weighted by molar-refractivity contribution is -0.138. The van der Waals surface area contributed by atoms with Crippen LogP contribution in [0.5, 0.6) is 11.5 Å². The molecule has 0 unspecified atom stereocenters. The summed E-state index contributed by atoms with van der Waals surface area (Å²) in [5.41, 5.74) is -0.0158. The fourth-order valence-electron chi connectivity index (χ4n) is 7.28. The molecule has 10 heteroatoms. The molecule has 202 valence electrons. The predicted octanol–water partition coefficient (Wildman–Crippen LogP) is 4.05. The highest BCUT2D eigenvalue weighted by Gasteiger charge is 2.67. The SMILES string of the molecule is COc1ccc([C@H]2C3=CC[C@@H]4C(=O)N(C)C(=O)[C@@H]4[C@@H]3C[C@H]3C(=O)N(c4ccc(F)c(Cl)c4)C(=O)[C@@]23C)c(O)c1. The van der Waals surface area contributed by atoms with Gasteiger partial charge in [0.15, 0.2) is 0 Å². The van der Waals surface area contributed by atoms with Gasteiger partial charge in [-0.2, -0.15) is 0 Å². The topological polar surface area (TPSA) is 104 Å². The Morgan fingerprint density at radius 3 is 2.46 bits per heavy atom. The third-order valence-electron chi connectivity index (χ3n) is 9.21. The number of phenolic OH excluding ortho intramolecular Hbond substituents is 1. The minimum absolute atomic E-state index is 0.113. The number of rotatable bonds is 3. The number of phenols is 1. The van der Waals surface area contributed by atoms with Gasteiger partial charge >= 0.3 is 0 Å². The minimum atomic E-state index is -1.34. The third-order valence-corrected chi connectivity index (χ3v) is 9.49. The molecule has 2 aliphatic heterocycles. The van der Waals surface area contributed by atoms with E-state index >= 15 is 0 Å². The second kappa shape index (κ2) is 8.64. The lowest BCUT2D eigenvalue weighted by atomic mass is 9.51. The van der Waals surface area contributed by atoms with Gasteiger partial charge in [0.1, 0.15) is 17.3 Å². The van der Waals surface area contributed by atoms with E-state index in [-0.39, 0.29) is 34.7 Å². The van der Waals surface area contributed by atoms with Crippen molar-refractivity contribution in [3.63, 3.8) is 0 Å². The number of benzene rings is 2. The number of carbonyl (C=O) groups is 4. The number of aromatic hydroxyl groups is 1. The fourth-order valence-corrected chi connectivity index (χ4v) is 7.46. The van der Waals surface area contributed by atoms with Crippen molar-refractivity contribution in [3.05, 3.63) is 64.5 Å². The Morgan fingerprint density at radius 2 is 1.79 bits per heavy atom. The minimum Gasteiger partial charge on any atom is -0.508 e. The molecule has 2 heterocycles. The van der Waals surface area contributed by atoms with Gasteiger partial charge in [-0.25, -0.2) is 9.29 Å². The smallest absolute Gasteiger partial charge is 0.241 e. The van der Waals surface area contributed by atoms with E-state index in [0.29, 0.717) is 17.7 Å². The second-order valence-electron chi connectivity index (χ2n) is 10.9. The molecule has 2 aliphatic carbocycles. The first-order chi connectivity index (χ1) is 18.5. The zero-order chi connectivity index (χ0) is 28.0. The summed E-state index contributed by atoms with van der Waals surface area (Å²) in [6, 6.07) is 8.44. The van der Waals surface area contributed by atoms with E-state index in [9.17, 15) is 28.7 Å². The van der Waals surface area contributed by atoms with Gasteiger partial charge in [0.2, 0.25) is 23.6 Å². The lowest BCUT2D eigenvalue weighted by Crippen LogP contribution is -2.48. The number of ether oxygens (including phenoxy) is 1. The number of nitrogens with zero attached hydrogens (tertiary/aromatic N) is 2. The normalized spacial score (nSPS) is 31.7. The molecule has 4 amide bonds. The Bertz CT molecular complexity index is 1510. The van der Waals surface area contributed by atoms with Crippen LogP contribution in [-0.4, -0.2) is 47.8 Å². The van der Waals surface area contributed by atoms with E-state index in [2.05, 4.69) is 0 Å². The molecule has 6 rings (SSSR count). The molecule has 0 aromatic heterocycles. The molecular formula is C29H26ClFN2O6. The Balaban J connectivity index is 1.55. The van der Waals surface area contributed by atoms with Gasteiger partial charge in [-0.3, -0.25) is 24.1 Å². The highest BCUT2D eigenvalue weighted by Crippen LogP contribution is 2.64. The van der Waals surface area contributed by atoms with Crippen molar-refractivity contribution in [1.29, 1.82) is 0 Å². The Kier molecular flexibility index (Phi) is 5.66. The summed E-state index contributed by atoms with van der Waals surface area (Å²) >= 11 is 6.00. The van der Waals surface area contributed by atoms with Crippen LogP contribution in [-0.2, 0) is 19.2 Å². The first kappa shape index (κ1) is 25.6. The van der Waals surface area contributed by atoms with Gasteiger partial charge in [0.25, 0.3) is 0 Å². The van der Waals surface area contributed by atoms with Gasteiger partial charge < -0.3 is 9.84 Å². The van der Waals surface area contributed by atoms with E-state index < -0.39 is 52.6 Å². The van der Waals surface area contributed by atoms with Crippen LogP contribution in [0.2, 0.25) is 5.02 Å². The average Bonchev–Trinajstić information content (AvgIpc) is 3.25. The van der Waals surface area contributed by atoms with Crippen molar-refractivity contribution in [3.8, 4) is 11.5 Å². The molecule has 0 bridgehead atoms. The average molecular weight is 553 g/mol. The molecule has 0 spiro atoms. The fraction of sp³-hybridized carbons (Fsp3) is 0.379. The van der Waals surface area contributed by atoms with E-state index in [1.165, 1.54) is 32.4 Å². The number of hydrogen-bond acceptors (Lipinski definition) is 6. The summed E-state index contributed by atoms with van der Waals surface area (Å²) < 4.78 is 19.2. The molecule has 6 atom stereocenters. The standard InChI is InChI=1S/C29H26ClFN2O6/c1-29-19(26(36)33(28(29)38)13-4-9-21(31)20(30)10-13)12-18-15(7-8-17-23(18)27(37)32(2)25(17)35)24(29)16-6-5-14(39-3)11-22(16)34/h4-7,9-11,17-19,23-24,34H,8,12H2,1-3H3/t17-,18+,19-,23-,24+,29+/m0/s1. The van der Waals surface area contributed by atoms with E-state index in [1.54, 1.807) is 19.1 Å². The third kappa shape index (κ3) is 3.35. The summed E-state index contributed by atoms with van der Waals surface area (Å²) in [7, 11) is 2.93. The number of halogens is 2. The van der Waals surface area contributed by atoms with Gasteiger partial charge in [-0.1, -0.05) is 29.3 Å². The molecule has 39 heavy (non-hydrogen) atoms. The number of imide groups is 2. The zero-order valence-electron chi connectivity index (χ0n) is 21.5. The van der Waals surface area contributed by atoms with Crippen molar-refractivity contribution < 1.29 is 33.4 Å². The first-order valence-electron chi connectivity index (χ1n) is 12.7. The summed E-state index contributed by atoms with van der Waals surface area (Å²) in [6.45, 7) is 1.70. The van der Waals surface area contributed by atoms with Crippen molar-refractivity contribution in [2.75, 3.05) is 19.1 Å². The van der Waals surface area contributed by atoms with Crippen LogP contribution < -0.4 is 9.64 Å². The molecule has 2 aromatic carbocycles. The lowest BCUT2D eigenvalue weighted by Gasteiger charge is -2.49. The van der Waals surface area contributed by atoms with Gasteiger partial charge in [-0.05, 0) is 49.9 Å². The Morgan fingerprint density at radius 1 is 1.05 bits per heavy atom. The number of methoxy groups -OCH3 is 1. The number of likely N-dealkylation sites (tertiary alicyclic amines) is 1. The van der Waals surface area contributed by atoms with E-state index in [4.69, 9.17) is 16.3 Å². The maximum absolute atomic E-state index is 14.3. The molecular weight excluding hydrogens is 527 g/mol. The molecule has 1 N–H and O–H groups in total. The van der Waals surface area contributed by atoms with Gasteiger partial charge in [-0.15, -0.1) is 0 Å². The van der Waals surface area contributed by atoms with Crippen molar-refractivity contribution in [2.24, 2.45) is 29.1 Å². The van der Waals surface area contributed by atoms with E-state index in [0.717, 1.165) is 21.4 Å². The predicted molar refractivity (Wildman–Crippen MR) is 138 cm³/mol. The Labute approximate surface area is 229 Å². The Hall–Kier alpha value is -3.72. The summed E-state index contributed by atoms with van der Waals surface area (Å²) in [4.78, 5) is 56.6. The van der Waals surface area contributed by atoms with Crippen LogP contribution in [0.3, 0.4) is 0 Å². The summed E-state index contributed by atoms with van der Waals surface area (Å²) in [6.07, 6.45) is 2.40. The van der Waals surface area contributed by atoms with Crippen LogP contribution in [0.15, 0.2) is 48.0 Å². The summed E-state index contributed by atoms with van der Waals surface area (Å²) in [5, 5.41) is 10.9. The van der Waals surface area contributed by atoms with Crippen molar-refractivity contribution in [2.45, 2.75) is 25.7 Å². The monoisotopic (exact) mass is 552 g/mol. The highest BCUT2D eigenvalue weighted by molar-refractivity contribution is 6.31. The maximum Gasteiger partial charge on any atom is 0.241 e. The van der Waals surface area contributed by atoms with Crippen LogP contribution >= 0.6 is 11.6 Å². The molecule has 2 saturated heterocycles. The largest absolute Gasteiger partial charge is 0.508 e. The molecule has 2 aromatic rings. The molecule has 1 saturated carbocycles. The van der Waals surface area contributed by atoms with Crippen LogP contribution in [0.1, 0.15) is 31.2 Å². The zero-order valence-corrected chi connectivity index (χ0v) is 22.2.